The Labute approximate surface area is 106 Å². The Morgan fingerprint density at radius 3 is 2.59 bits per heavy atom. The molecule has 0 saturated carbocycles. The maximum absolute atomic E-state index is 9.77. The highest BCUT2D eigenvalue weighted by Crippen LogP contribution is 2.16. The number of ether oxygens (including phenoxy) is 1. The Kier molecular flexibility index (Phi) is 7.09. The first-order valence-corrected chi connectivity index (χ1v) is 7.17. The molecule has 0 aromatic carbocycles. The zero-order chi connectivity index (χ0) is 12.7. The SMILES string of the molecule is CCCCC(CC)COCC(O)CN1CC1C. The normalized spacial score (nSPS) is 26.8. The molecular formula is C14H29NO2. The molecule has 4 atom stereocenters. The first kappa shape index (κ1) is 14.9. The fourth-order valence-electron chi connectivity index (χ4n) is 2.14. The zero-order valence-corrected chi connectivity index (χ0v) is 11.7. The second-order valence-corrected chi connectivity index (χ2v) is 5.41. The van der Waals surface area contributed by atoms with Crippen LogP contribution >= 0.6 is 0 Å². The lowest BCUT2D eigenvalue weighted by atomic mass is 10.0. The summed E-state index contributed by atoms with van der Waals surface area (Å²) in [6.45, 7) is 9.83. The van der Waals surface area contributed by atoms with Crippen molar-refractivity contribution in [3.63, 3.8) is 0 Å². The predicted molar refractivity (Wildman–Crippen MR) is 71.2 cm³/mol. The van der Waals surface area contributed by atoms with Crippen LogP contribution in [-0.2, 0) is 4.74 Å². The monoisotopic (exact) mass is 243 g/mol. The minimum Gasteiger partial charge on any atom is -0.389 e. The molecule has 1 aliphatic heterocycles. The molecule has 3 heteroatoms. The van der Waals surface area contributed by atoms with Crippen molar-refractivity contribution >= 4 is 0 Å². The van der Waals surface area contributed by atoms with Crippen LogP contribution in [0.1, 0.15) is 46.5 Å². The first-order valence-electron chi connectivity index (χ1n) is 7.17. The third-order valence-electron chi connectivity index (χ3n) is 3.64. The average Bonchev–Trinajstić information content (AvgIpc) is 2.99. The Morgan fingerprint density at radius 1 is 1.35 bits per heavy atom. The van der Waals surface area contributed by atoms with Crippen LogP contribution in [0, 0.1) is 5.92 Å². The number of β-amino-alcohol motifs (C(OH)–C–C–N with tert-alkyl or cyclic N) is 1. The first-order chi connectivity index (χ1) is 8.17. The maximum Gasteiger partial charge on any atom is 0.0900 e. The molecule has 0 aliphatic carbocycles. The van der Waals surface area contributed by atoms with Gasteiger partial charge >= 0.3 is 0 Å². The van der Waals surface area contributed by atoms with Crippen LogP contribution < -0.4 is 0 Å². The van der Waals surface area contributed by atoms with Gasteiger partial charge in [-0.1, -0.05) is 33.1 Å². The summed E-state index contributed by atoms with van der Waals surface area (Å²) in [5, 5.41) is 9.77. The van der Waals surface area contributed by atoms with Gasteiger partial charge in [-0.05, 0) is 19.3 Å². The zero-order valence-electron chi connectivity index (χ0n) is 11.7. The largest absolute Gasteiger partial charge is 0.389 e. The number of aliphatic hydroxyl groups is 1. The van der Waals surface area contributed by atoms with E-state index in [-0.39, 0.29) is 6.10 Å². The molecule has 0 amide bonds. The summed E-state index contributed by atoms with van der Waals surface area (Å²) in [6.07, 6.45) is 4.66. The van der Waals surface area contributed by atoms with E-state index >= 15 is 0 Å². The van der Waals surface area contributed by atoms with E-state index in [4.69, 9.17) is 4.74 Å². The topological polar surface area (TPSA) is 32.5 Å². The Balaban J connectivity index is 2.00. The molecule has 1 saturated heterocycles. The summed E-state index contributed by atoms with van der Waals surface area (Å²) in [5.41, 5.74) is 0. The van der Waals surface area contributed by atoms with Crippen molar-refractivity contribution in [1.29, 1.82) is 0 Å². The highest BCUT2D eigenvalue weighted by molar-refractivity contribution is 4.86. The van der Waals surface area contributed by atoms with E-state index in [1.54, 1.807) is 0 Å². The van der Waals surface area contributed by atoms with Crippen LogP contribution in [0.3, 0.4) is 0 Å². The molecule has 1 fully saturated rings. The summed E-state index contributed by atoms with van der Waals surface area (Å²) < 4.78 is 5.63. The van der Waals surface area contributed by atoms with Crippen LogP contribution in [0.25, 0.3) is 0 Å². The van der Waals surface area contributed by atoms with Crippen LogP contribution in [0.15, 0.2) is 0 Å². The van der Waals surface area contributed by atoms with Crippen molar-refractivity contribution in [2.45, 2.75) is 58.6 Å². The summed E-state index contributed by atoms with van der Waals surface area (Å²) in [4.78, 5) is 2.27. The molecule has 102 valence electrons. The summed E-state index contributed by atoms with van der Waals surface area (Å²) >= 11 is 0. The fourth-order valence-corrected chi connectivity index (χ4v) is 2.14. The lowest BCUT2D eigenvalue weighted by molar-refractivity contribution is 0.0130. The molecule has 0 radical (unpaired) electrons. The Hall–Kier alpha value is -0.120. The quantitative estimate of drug-likeness (QED) is 0.598. The predicted octanol–water partition coefficient (Wildman–Crippen LogP) is 2.28. The van der Waals surface area contributed by atoms with Crippen molar-refractivity contribution in [3.05, 3.63) is 0 Å². The van der Waals surface area contributed by atoms with Crippen LogP contribution in [0.5, 0.6) is 0 Å². The minimum absolute atomic E-state index is 0.316. The summed E-state index contributed by atoms with van der Waals surface area (Å²) in [7, 11) is 0. The van der Waals surface area contributed by atoms with Gasteiger partial charge in [-0.25, -0.2) is 0 Å². The van der Waals surface area contributed by atoms with E-state index in [1.807, 2.05) is 0 Å². The van der Waals surface area contributed by atoms with Crippen LogP contribution in [0.4, 0.5) is 0 Å². The lowest BCUT2D eigenvalue weighted by Gasteiger charge is -2.17. The van der Waals surface area contributed by atoms with E-state index in [0.717, 1.165) is 19.7 Å². The van der Waals surface area contributed by atoms with Gasteiger partial charge in [0.15, 0.2) is 0 Å². The van der Waals surface area contributed by atoms with Crippen molar-refractivity contribution < 1.29 is 9.84 Å². The van der Waals surface area contributed by atoms with Gasteiger partial charge in [-0.2, -0.15) is 0 Å². The van der Waals surface area contributed by atoms with Crippen molar-refractivity contribution in [1.82, 2.24) is 4.90 Å². The number of unbranched alkanes of at least 4 members (excludes halogenated alkanes) is 1. The lowest BCUT2D eigenvalue weighted by Crippen LogP contribution is -2.26. The number of hydrogen-bond acceptors (Lipinski definition) is 3. The Bertz CT molecular complexity index is 199. The average molecular weight is 243 g/mol. The van der Waals surface area contributed by atoms with Crippen LogP contribution in [-0.4, -0.2) is 48.5 Å². The number of rotatable bonds is 10. The summed E-state index contributed by atoms with van der Waals surface area (Å²) in [6, 6.07) is 0.664. The van der Waals surface area contributed by atoms with E-state index in [0.29, 0.717) is 18.6 Å². The van der Waals surface area contributed by atoms with Crippen LogP contribution in [0.2, 0.25) is 0 Å². The molecule has 3 nitrogen and oxygen atoms in total. The highest BCUT2D eigenvalue weighted by atomic mass is 16.5. The molecule has 1 aliphatic rings. The van der Waals surface area contributed by atoms with Gasteiger partial charge in [0.2, 0.25) is 0 Å². The molecule has 0 bridgehead atoms. The third kappa shape index (κ3) is 6.39. The standard InChI is InChI=1S/C14H29NO2/c1-4-6-7-13(5-2)10-17-11-14(16)9-15-8-12(15)3/h12-14,16H,4-11H2,1-3H3. The second-order valence-electron chi connectivity index (χ2n) is 5.41. The number of hydrogen-bond donors (Lipinski definition) is 1. The molecule has 4 unspecified atom stereocenters. The van der Waals surface area contributed by atoms with E-state index < -0.39 is 0 Å². The van der Waals surface area contributed by atoms with Gasteiger partial charge in [0.25, 0.3) is 0 Å². The molecule has 17 heavy (non-hydrogen) atoms. The summed E-state index contributed by atoms with van der Waals surface area (Å²) in [5.74, 6) is 0.669. The number of aliphatic hydroxyl groups excluding tert-OH is 1. The second kappa shape index (κ2) is 8.06. The smallest absolute Gasteiger partial charge is 0.0900 e. The van der Waals surface area contributed by atoms with E-state index in [1.165, 1.54) is 25.7 Å². The molecule has 1 N–H and O–H groups in total. The van der Waals surface area contributed by atoms with Gasteiger partial charge in [0.05, 0.1) is 12.7 Å². The molecular weight excluding hydrogens is 214 g/mol. The number of nitrogens with zero attached hydrogens (tertiary/aromatic N) is 1. The van der Waals surface area contributed by atoms with Gasteiger partial charge in [0.1, 0.15) is 0 Å². The molecule has 0 spiro atoms. The van der Waals surface area contributed by atoms with E-state index in [9.17, 15) is 5.11 Å². The van der Waals surface area contributed by atoms with Gasteiger partial charge in [0, 0.05) is 25.7 Å². The van der Waals surface area contributed by atoms with Gasteiger partial charge < -0.3 is 9.84 Å². The van der Waals surface area contributed by atoms with Crippen molar-refractivity contribution in [3.8, 4) is 0 Å². The molecule has 1 heterocycles. The molecule has 0 aromatic rings. The Morgan fingerprint density at radius 2 is 2.06 bits per heavy atom. The third-order valence-corrected chi connectivity index (χ3v) is 3.64. The van der Waals surface area contributed by atoms with Gasteiger partial charge in [-0.15, -0.1) is 0 Å². The molecule has 1 rings (SSSR count). The van der Waals surface area contributed by atoms with Gasteiger partial charge in [-0.3, -0.25) is 4.90 Å². The van der Waals surface area contributed by atoms with Crippen molar-refractivity contribution in [2.75, 3.05) is 26.3 Å². The molecule has 0 aromatic heterocycles. The maximum atomic E-state index is 9.77. The van der Waals surface area contributed by atoms with Crippen molar-refractivity contribution in [2.24, 2.45) is 5.92 Å². The fraction of sp³-hybridized carbons (Fsp3) is 1.00. The highest BCUT2D eigenvalue weighted by Gasteiger charge is 2.30. The van der Waals surface area contributed by atoms with E-state index in [2.05, 4.69) is 25.7 Å². The minimum atomic E-state index is -0.316.